The molecule has 4 nitrogen and oxygen atoms in total. The van der Waals surface area contributed by atoms with Crippen molar-refractivity contribution in [2.45, 2.75) is 17.8 Å². The molecule has 1 heterocycles. The van der Waals surface area contributed by atoms with Crippen molar-refractivity contribution in [3.8, 4) is 5.69 Å². The zero-order valence-corrected chi connectivity index (χ0v) is 17.1. The van der Waals surface area contributed by atoms with Gasteiger partial charge in [0.25, 0.3) is 0 Å². The average Bonchev–Trinajstić information content (AvgIpc) is 3.01. The Labute approximate surface area is 170 Å². The molecule has 0 spiro atoms. The van der Waals surface area contributed by atoms with Crippen LogP contribution < -0.4 is 5.32 Å². The Morgan fingerprint density at radius 2 is 1.92 bits per heavy atom. The van der Waals surface area contributed by atoms with Gasteiger partial charge in [-0.05, 0) is 49.0 Å². The van der Waals surface area contributed by atoms with Gasteiger partial charge in [-0.1, -0.05) is 64.5 Å². The molecule has 1 N–H and O–H groups in total. The first kappa shape index (κ1) is 19.1. The van der Waals surface area contributed by atoms with Crippen LogP contribution in [0, 0.1) is 10.9 Å². The second-order valence-electron chi connectivity index (χ2n) is 5.57. The number of amides is 1. The molecular formula is C18H16ClN3OS3. The van der Waals surface area contributed by atoms with E-state index in [9.17, 15) is 4.79 Å². The van der Waals surface area contributed by atoms with Crippen LogP contribution in [0.25, 0.3) is 5.69 Å². The Morgan fingerprint density at radius 1 is 1.23 bits per heavy atom. The molecule has 1 aromatic heterocycles. The van der Waals surface area contributed by atoms with E-state index in [1.807, 2.05) is 43.3 Å². The first-order valence-corrected chi connectivity index (χ1v) is 10.4. The van der Waals surface area contributed by atoms with E-state index in [-0.39, 0.29) is 5.91 Å². The SMILES string of the molecule is Cc1ccc(CNC(=O)CSc2nn(-c3ccc(Cl)cc3)c(=S)s2)cc1. The van der Waals surface area contributed by atoms with Crippen molar-refractivity contribution < 1.29 is 4.79 Å². The normalized spacial score (nSPS) is 10.7. The second kappa shape index (κ2) is 8.81. The van der Waals surface area contributed by atoms with Gasteiger partial charge in [-0.15, -0.1) is 5.10 Å². The molecule has 26 heavy (non-hydrogen) atoms. The molecule has 8 heteroatoms. The highest BCUT2D eigenvalue weighted by atomic mass is 35.5. The van der Waals surface area contributed by atoms with Crippen LogP contribution >= 0.6 is 46.9 Å². The van der Waals surface area contributed by atoms with E-state index < -0.39 is 0 Å². The molecule has 0 saturated carbocycles. The maximum absolute atomic E-state index is 12.1. The number of rotatable bonds is 6. The lowest BCUT2D eigenvalue weighted by molar-refractivity contribution is -0.118. The number of carbonyl (C=O) groups excluding carboxylic acids is 1. The van der Waals surface area contributed by atoms with Gasteiger partial charge in [0, 0.05) is 11.6 Å². The lowest BCUT2D eigenvalue weighted by Gasteiger charge is -2.05. The maximum Gasteiger partial charge on any atom is 0.230 e. The highest BCUT2D eigenvalue weighted by Gasteiger charge is 2.09. The summed E-state index contributed by atoms with van der Waals surface area (Å²) in [7, 11) is 0. The number of thioether (sulfide) groups is 1. The van der Waals surface area contributed by atoms with Crippen LogP contribution in [0.1, 0.15) is 11.1 Å². The first-order valence-electron chi connectivity index (χ1n) is 7.82. The fourth-order valence-electron chi connectivity index (χ4n) is 2.15. The summed E-state index contributed by atoms with van der Waals surface area (Å²) in [6.07, 6.45) is 0. The van der Waals surface area contributed by atoms with Crippen molar-refractivity contribution >= 4 is 52.8 Å². The van der Waals surface area contributed by atoms with Crippen LogP contribution in [0.2, 0.25) is 5.02 Å². The summed E-state index contributed by atoms with van der Waals surface area (Å²) in [4.78, 5) is 12.1. The van der Waals surface area contributed by atoms with Crippen LogP contribution in [-0.4, -0.2) is 21.4 Å². The number of halogens is 1. The highest BCUT2D eigenvalue weighted by Crippen LogP contribution is 2.24. The van der Waals surface area contributed by atoms with Crippen LogP contribution in [0.3, 0.4) is 0 Å². The number of benzene rings is 2. The molecular weight excluding hydrogens is 406 g/mol. The molecule has 0 fully saturated rings. The first-order chi connectivity index (χ1) is 12.5. The van der Waals surface area contributed by atoms with Gasteiger partial charge in [-0.3, -0.25) is 4.79 Å². The smallest absolute Gasteiger partial charge is 0.230 e. The molecule has 3 aromatic rings. The molecule has 1 amide bonds. The highest BCUT2D eigenvalue weighted by molar-refractivity contribution is 8.01. The predicted octanol–water partition coefficient (Wildman–Crippen LogP) is 5.03. The lowest BCUT2D eigenvalue weighted by atomic mass is 10.1. The molecule has 134 valence electrons. The van der Waals surface area contributed by atoms with Gasteiger partial charge in [0.2, 0.25) is 5.91 Å². The van der Waals surface area contributed by atoms with Gasteiger partial charge in [0.05, 0.1) is 11.4 Å². The van der Waals surface area contributed by atoms with Crippen LogP contribution in [-0.2, 0) is 11.3 Å². The number of hydrogen-bond donors (Lipinski definition) is 1. The third kappa shape index (κ3) is 5.17. The van der Waals surface area contributed by atoms with E-state index in [1.165, 1.54) is 28.7 Å². The topological polar surface area (TPSA) is 46.9 Å². The van der Waals surface area contributed by atoms with E-state index in [0.717, 1.165) is 15.6 Å². The van der Waals surface area contributed by atoms with Gasteiger partial charge >= 0.3 is 0 Å². The average molecular weight is 422 g/mol. The van der Waals surface area contributed by atoms with E-state index in [2.05, 4.69) is 10.4 Å². The fraction of sp³-hybridized carbons (Fsp3) is 0.167. The van der Waals surface area contributed by atoms with Crippen molar-refractivity contribution in [3.63, 3.8) is 0 Å². The summed E-state index contributed by atoms with van der Waals surface area (Å²) in [5, 5.41) is 8.06. The summed E-state index contributed by atoms with van der Waals surface area (Å²) in [5.74, 6) is 0.268. The van der Waals surface area contributed by atoms with E-state index in [0.29, 0.717) is 21.3 Å². The second-order valence-corrected chi connectivity index (χ2v) is 8.85. The molecule has 0 bridgehead atoms. The minimum Gasteiger partial charge on any atom is -0.351 e. The predicted molar refractivity (Wildman–Crippen MR) is 111 cm³/mol. The monoisotopic (exact) mass is 421 g/mol. The van der Waals surface area contributed by atoms with Gasteiger partial charge in [0.1, 0.15) is 0 Å². The molecule has 0 unspecified atom stereocenters. The zero-order valence-electron chi connectivity index (χ0n) is 13.9. The van der Waals surface area contributed by atoms with Crippen LogP contribution in [0.4, 0.5) is 0 Å². The van der Waals surface area contributed by atoms with Crippen LogP contribution in [0.15, 0.2) is 52.9 Å². The van der Waals surface area contributed by atoms with Crippen molar-refractivity contribution in [1.29, 1.82) is 0 Å². The Kier molecular flexibility index (Phi) is 6.48. The number of aromatic nitrogens is 2. The summed E-state index contributed by atoms with van der Waals surface area (Å²) in [6.45, 7) is 2.56. The van der Waals surface area contributed by atoms with E-state index >= 15 is 0 Å². The Bertz CT molecular complexity index is 949. The number of aryl methyl sites for hydroxylation is 1. The minimum absolute atomic E-state index is 0.0327. The summed E-state index contributed by atoms with van der Waals surface area (Å²) >= 11 is 14.0. The lowest BCUT2D eigenvalue weighted by Crippen LogP contribution is -2.24. The van der Waals surface area contributed by atoms with Gasteiger partial charge in [-0.2, -0.15) is 0 Å². The molecule has 0 atom stereocenters. The molecule has 0 radical (unpaired) electrons. The van der Waals surface area contributed by atoms with Gasteiger partial charge < -0.3 is 5.32 Å². The number of nitrogens with zero attached hydrogens (tertiary/aromatic N) is 2. The Morgan fingerprint density at radius 3 is 2.62 bits per heavy atom. The van der Waals surface area contributed by atoms with Crippen molar-refractivity contribution in [1.82, 2.24) is 15.1 Å². The molecule has 2 aromatic carbocycles. The minimum atomic E-state index is -0.0327. The summed E-state index contributed by atoms with van der Waals surface area (Å²) < 4.78 is 3.08. The molecule has 0 aliphatic rings. The van der Waals surface area contributed by atoms with Crippen LogP contribution in [0.5, 0.6) is 0 Å². The number of carbonyl (C=O) groups is 1. The van der Waals surface area contributed by atoms with E-state index in [1.54, 1.807) is 16.8 Å². The van der Waals surface area contributed by atoms with Crippen molar-refractivity contribution in [3.05, 3.63) is 68.6 Å². The summed E-state index contributed by atoms with van der Waals surface area (Å²) in [5.41, 5.74) is 3.14. The Hall–Kier alpha value is -1.67. The van der Waals surface area contributed by atoms with E-state index in [4.69, 9.17) is 23.8 Å². The Balaban J connectivity index is 1.55. The van der Waals surface area contributed by atoms with Gasteiger partial charge in [-0.25, -0.2) is 4.68 Å². The van der Waals surface area contributed by atoms with Crippen molar-refractivity contribution in [2.24, 2.45) is 0 Å². The maximum atomic E-state index is 12.1. The number of hydrogen-bond acceptors (Lipinski definition) is 5. The number of nitrogens with one attached hydrogen (secondary N) is 1. The third-order valence-electron chi connectivity index (χ3n) is 3.54. The zero-order chi connectivity index (χ0) is 18.5. The standard InChI is InChI=1S/C18H16ClN3OS3/c1-12-2-4-13(5-3-12)10-20-16(23)11-25-17-21-22(18(24)26-17)15-8-6-14(19)7-9-15/h2-9H,10-11H2,1H3,(H,20,23). The third-order valence-corrected chi connectivity index (χ3v) is 6.15. The summed E-state index contributed by atoms with van der Waals surface area (Å²) in [6, 6.07) is 15.4. The fourth-order valence-corrected chi connectivity index (χ4v) is 4.47. The molecule has 3 rings (SSSR count). The molecule has 0 aliphatic heterocycles. The molecule has 0 aliphatic carbocycles. The quantitative estimate of drug-likeness (QED) is 0.447. The van der Waals surface area contributed by atoms with Gasteiger partial charge in [0.15, 0.2) is 8.29 Å². The largest absolute Gasteiger partial charge is 0.351 e. The van der Waals surface area contributed by atoms with Crippen molar-refractivity contribution in [2.75, 3.05) is 5.75 Å². The molecule has 0 saturated heterocycles.